The van der Waals surface area contributed by atoms with Gasteiger partial charge in [-0.3, -0.25) is 15.0 Å². The van der Waals surface area contributed by atoms with Gasteiger partial charge in [0.25, 0.3) is 11.8 Å². The van der Waals surface area contributed by atoms with Crippen molar-refractivity contribution in [2.45, 2.75) is 6.61 Å². The zero-order valence-electron chi connectivity index (χ0n) is 16.7. The smallest absolute Gasteiger partial charge is 0.282 e. The van der Waals surface area contributed by atoms with E-state index in [-0.39, 0.29) is 18.0 Å². The molecule has 1 fully saturated rings. The lowest BCUT2D eigenvalue weighted by molar-refractivity contribution is -0.117. The fraction of sp³-hybridized carbons (Fsp3) is 0.0833. The van der Waals surface area contributed by atoms with Crippen LogP contribution >= 0.6 is 0 Å². The van der Waals surface area contributed by atoms with Gasteiger partial charge in [-0.25, -0.2) is 9.40 Å². The van der Waals surface area contributed by atoms with Crippen molar-refractivity contribution >= 4 is 23.6 Å². The molecule has 0 aliphatic carbocycles. The van der Waals surface area contributed by atoms with E-state index in [1.807, 2.05) is 6.07 Å². The molecule has 156 valence electrons. The number of rotatable bonds is 6. The van der Waals surface area contributed by atoms with E-state index in [0.29, 0.717) is 28.3 Å². The molecule has 6 nitrogen and oxygen atoms in total. The first-order chi connectivity index (χ1) is 15.0. The van der Waals surface area contributed by atoms with Gasteiger partial charge in [-0.05, 0) is 53.6 Å². The lowest BCUT2D eigenvalue weighted by Gasteiger charge is -2.14. The van der Waals surface area contributed by atoms with Crippen LogP contribution in [0, 0.1) is 5.82 Å². The van der Waals surface area contributed by atoms with Crippen molar-refractivity contribution in [3.8, 4) is 11.5 Å². The molecule has 0 spiro atoms. The van der Waals surface area contributed by atoms with Crippen LogP contribution in [-0.2, 0) is 16.2 Å². The summed E-state index contributed by atoms with van der Waals surface area (Å²) in [5.41, 5.74) is 4.43. The van der Waals surface area contributed by atoms with Crippen LogP contribution in [-0.4, -0.2) is 18.9 Å². The quantitative estimate of drug-likeness (QED) is 0.487. The Bertz CT molecular complexity index is 1160. The first kappa shape index (κ1) is 20.2. The van der Waals surface area contributed by atoms with Gasteiger partial charge >= 0.3 is 0 Å². The number of carbonyl (C=O) groups excluding carboxylic acids is 2. The van der Waals surface area contributed by atoms with E-state index in [4.69, 9.17) is 9.47 Å². The van der Waals surface area contributed by atoms with E-state index >= 15 is 0 Å². The Morgan fingerprint density at radius 3 is 2.52 bits per heavy atom. The zero-order chi connectivity index (χ0) is 21.8. The summed E-state index contributed by atoms with van der Waals surface area (Å²) in [6.45, 7) is 0.168. The lowest BCUT2D eigenvalue weighted by Crippen LogP contribution is -2.35. The van der Waals surface area contributed by atoms with Crippen LogP contribution in [0.1, 0.15) is 11.1 Å². The molecule has 1 saturated heterocycles. The van der Waals surface area contributed by atoms with Gasteiger partial charge in [0.2, 0.25) is 0 Å². The molecule has 0 radical (unpaired) electrons. The fourth-order valence-electron chi connectivity index (χ4n) is 3.16. The summed E-state index contributed by atoms with van der Waals surface area (Å²) < 4.78 is 24.5. The summed E-state index contributed by atoms with van der Waals surface area (Å²) in [7, 11) is 1.49. The van der Waals surface area contributed by atoms with Crippen LogP contribution in [0.4, 0.5) is 10.1 Å². The molecule has 3 aromatic rings. The molecule has 1 aliphatic heterocycles. The molecule has 0 atom stereocenters. The van der Waals surface area contributed by atoms with Crippen molar-refractivity contribution in [1.82, 2.24) is 5.43 Å². The van der Waals surface area contributed by atoms with E-state index in [1.165, 1.54) is 30.3 Å². The van der Waals surface area contributed by atoms with Crippen molar-refractivity contribution in [2.75, 3.05) is 12.1 Å². The molecule has 1 aliphatic rings. The maximum absolute atomic E-state index is 13.3. The molecule has 7 heteroatoms. The van der Waals surface area contributed by atoms with E-state index in [1.54, 1.807) is 54.6 Å². The molecule has 0 bridgehead atoms. The van der Waals surface area contributed by atoms with Crippen LogP contribution in [0.3, 0.4) is 0 Å². The monoisotopic (exact) mass is 418 g/mol. The predicted molar refractivity (Wildman–Crippen MR) is 114 cm³/mol. The number of carbonyl (C=O) groups is 2. The Hall–Kier alpha value is -4.13. The third-order valence-corrected chi connectivity index (χ3v) is 4.69. The largest absolute Gasteiger partial charge is 0.493 e. The number of hydrogen-bond donors (Lipinski definition) is 1. The number of benzene rings is 3. The second-order valence-corrected chi connectivity index (χ2v) is 6.80. The highest BCUT2D eigenvalue weighted by Crippen LogP contribution is 2.30. The van der Waals surface area contributed by atoms with Gasteiger partial charge in [0.05, 0.1) is 12.8 Å². The molecule has 0 unspecified atom stereocenters. The van der Waals surface area contributed by atoms with Crippen LogP contribution in [0.5, 0.6) is 11.5 Å². The number of amides is 2. The highest BCUT2D eigenvalue weighted by atomic mass is 19.1. The number of nitrogens with zero attached hydrogens (tertiary/aromatic N) is 1. The average Bonchev–Trinajstić information content (AvgIpc) is 3.07. The van der Waals surface area contributed by atoms with Crippen molar-refractivity contribution < 1.29 is 23.5 Å². The maximum Gasteiger partial charge on any atom is 0.282 e. The number of nitrogens with one attached hydrogen (secondary N) is 1. The van der Waals surface area contributed by atoms with Crippen LogP contribution in [0.25, 0.3) is 6.08 Å². The van der Waals surface area contributed by atoms with Crippen molar-refractivity contribution in [3.63, 3.8) is 0 Å². The summed E-state index contributed by atoms with van der Waals surface area (Å²) in [5, 5.41) is 1.21. The third-order valence-electron chi connectivity index (χ3n) is 4.69. The van der Waals surface area contributed by atoms with E-state index in [0.717, 1.165) is 0 Å². The van der Waals surface area contributed by atoms with Crippen molar-refractivity contribution in [1.29, 1.82) is 0 Å². The topological polar surface area (TPSA) is 67.9 Å². The Morgan fingerprint density at radius 2 is 1.77 bits per heavy atom. The molecule has 1 N–H and O–H groups in total. The van der Waals surface area contributed by atoms with E-state index in [9.17, 15) is 14.0 Å². The number of ether oxygens (including phenoxy) is 2. The minimum atomic E-state index is -0.487. The predicted octanol–water partition coefficient (Wildman–Crippen LogP) is 3.87. The highest BCUT2D eigenvalue weighted by molar-refractivity contribution is 6.31. The fourth-order valence-corrected chi connectivity index (χ4v) is 3.16. The number of anilines is 1. The van der Waals surface area contributed by atoms with Gasteiger partial charge in [0, 0.05) is 0 Å². The molecule has 4 rings (SSSR count). The number of halogens is 1. The summed E-state index contributed by atoms with van der Waals surface area (Å²) in [5.74, 6) is -0.376. The van der Waals surface area contributed by atoms with Crippen LogP contribution in [0.2, 0.25) is 0 Å². The molecule has 31 heavy (non-hydrogen) atoms. The van der Waals surface area contributed by atoms with E-state index in [2.05, 4.69) is 5.43 Å². The highest BCUT2D eigenvalue weighted by Gasteiger charge is 2.34. The van der Waals surface area contributed by atoms with Gasteiger partial charge in [-0.1, -0.05) is 36.4 Å². The Balaban J connectivity index is 1.54. The second-order valence-electron chi connectivity index (χ2n) is 6.80. The Labute approximate surface area is 178 Å². The molecule has 0 saturated carbocycles. The van der Waals surface area contributed by atoms with Crippen molar-refractivity contribution in [3.05, 3.63) is 95.3 Å². The molecule has 3 aromatic carbocycles. The standard InChI is InChI=1S/C24H19FN2O4/c1-30-22-14-16(10-11-21(22)31-15-17-6-5-7-18(25)12-17)13-20-23(28)26-27(24(20)29)19-8-3-2-4-9-19/h2-14H,15H2,1H3,(H,26,28)/b20-13+. The number of hydrogen-bond acceptors (Lipinski definition) is 4. The van der Waals surface area contributed by atoms with E-state index < -0.39 is 11.8 Å². The van der Waals surface area contributed by atoms with Gasteiger partial charge in [-0.15, -0.1) is 0 Å². The molecular weight excluding hydrogens is 399 g/mol. The molecule has 1 heterocycles. The SMILES string of the molecule is COc1cc(/C=C2\C(=O)NN(c3ccccc3)C2=O)ccc1OCc1cccc(F)c1. The number of hydrazine groups is 1. The number of methoxy groups -OCH3 is 1. The first-order valence-electron chi connectivity index (χ1n) is 9.52. The second kappa shape index (κ2) is 8.71. The summed E-state index contributed by atoms with van der Waals surface area (Å²) >= 11 is 0. The first-order valence-corrected chi connectivity index (χ1v) is 9.52. The Kier molecular flexibility index (Phi) is 5.66. The average molecular weight is 418 g/mol. The summed E-state index contributed by atoms with van der Waals surface area (Å²) in [6.07, 6.45) is 1.50. The van der Waals surface area contributed by atoms with Crippen molar-refractivity contribution in [2.24, 2.45) is 0 Å². The lowest BCUT2D eigenvalue weighted by atomic mass is 10.1. The Morgan fingerprint density at radius 1 is 0.968 bits per heavy atom. The van der Waals surface area contributed by atoms with Gasteiger partial charge < -0.3 is 9.47 Å². The minimum Gasteiger partial charge on any atom is -0.493 e. The molecule has 2 amide bonds. The number of para-hydroxylation sites is 1. The van der Waals surface area contributed by atoms with Gasteiger partial charge in [-0.2, -0.15) is 0 Å². The maximum atomic E-state index is 13.3. The molecular formula is C24H19FN2O4. The third kappa shape index (κ3) is 4.40. The van der Waals surface area contributed by atoms with Crippen LogP contribution in [0.15, 0.2) is 78.4 Å². The van der Waals surface area contributed by atoms with Crippen LogP contribution < -0.4 is 19.9 Å². The zero-order valence-corrected chi connectivity index (χ0v) is 16.7. The summed E-state index contributed by atoms with van der Waals surface area (Å²) in [6, 6.07) is 20.0. The normalized spacial score (nSPS) is 14.6. The summed E-state index contributed by atoms with van der Waals surface area (Å²) in [4.78, 5) is 25.1. The van der Waals surface area contributed by atoms with Gasteiger partial charge in [0.15, 0.2) is 11.5 Å². The molecule has 0 aromatic heterocycles. The van der Waals surface area contributed by atoms with Gasteiger partial charge in [0.1, 0.15) is 18.0 Å². The minimum absolute atomic E-state index is 0.0133.